The highest BCUT2D eigenvalue weighted by Crippen LogP contribution is 2.15. The minimum atomic E-state index is -0.559. The third kappa shape index (κ3) is 53.7. The van der Waals surface area contributed by atoms with E-state index >= 15 is 0 Å². The van der Waals surface area contributed by atoms with Gasteiger partial charge in [-0.3, -0.25) is 9.59 Å². The van der Waals surface area contributed by atoms with Crippen LogP contribution in [-0.2, 0) is 23.8 Å². The number of esters is 2. The van der Waals surface area contributed by atoms with Gasteiger partial charge in [-0.2, -0.15) is 0 Å². The summed E-state index contributed by atoms with van der Waals surface area (Å²) in [6, 6.07) is 0. The zero-order valence-electron chi connectivity index (χ0n) is 43.7. The fourth-order valence-electron chi connectivity index (χ4n) is 7.75. The van der Waals surface area contributed by atoms with Crippen LogP contribution < -0.4 is 0 Å². The van der Waals surface area contributed by atoms with Crippen molar-refractivity contribution in [1.29, 1.82) is 0 Å². The molecule has 0 heterocycles. The Hall–Kier alpha value is -2.92. The maximum absolute atomic E-state index is 12.8. The van der Waals surface area contributed by atoms with Crippen LogP contribution in [0.25, 0.3) is 0 Å². The maximum atomic E-state index is 12.8. The molecular weight excluding hydrogens is 813 g/mol. The van der Waals surface area contributed by atoms with Gasteiger partial charge in [0.05, 0.1) is 6.61 Å². The third-order valence-corrected chi connectivity index (χ3v) is 11.9. The second-order valence-corrected chi connectivity index (χ2v) is 18.5. The van der Waals surface area contributed by atoms with E-state index in [-0.39, 0.29) is 25.2 Å². The average molecular weight is 920 g/mol. The van der Waals surface area contributed by atoms with Crippen molar-refractivity contribution >= 4 is 11.9 Å². The van der Waals surface area contributed by atoms with Gasteiger partial charge in [0.2, 0.25) is 0 Å². The Balaban J connectivity index is 4.31. The van der Waals surface area contributed by atoms with E-state index in [9.17, 15) is 9.59 Å². The minimum absolute atomic E-state index is 0.0681. The lowest BCUT2D eigenvalue weighted by atomic mass is 10.0. The van der Waals surface area contributed by atoms with E-state index in [4.69, 9.17) is 14.2 Å². The largest absolute Gasteiger partial charge is 0.462 e. The Morgan fingerprint density at radius 1 is 0.348 bits per heavy atom. The van der Waals surface area contributed by atoms with Gasteiger partial charge >= 0.3 is 11.9 Å². The molecule has 380 valence electrons. The van der Waals surface area contributed by atoms with E-state index in [2.05, 4.69) is 106 Å². The summed E-state index contributed by atoms with van der Waals surface area (Å²) in [5.74, 6) is -0.422. The van der Waals surface area contributed by atoms with Gasteiger partial charge in [0.1, 0.15) is 6.61 Å². The number of ether oxygens (including phenoxy) is 3. The zero-order valence-corrected chi connectivity index (χ0v) is 43.7. The van der Waals surface area contributed by atoms with Crippen LogP contribution in [0.15, 0.2) is 85.1 Å². The summed E-state index contributed by atoms with van der Waals surface area (Å²) in [5, 5.41) is 0. The molecule has 0 N–H and O–H groups in total. The van der Waals surface area contributed by atoms with Crippen molar-refractivity contribution in [3.8, 4) is 0 Å². The third-order valence-electron chi connectivity index (χ3n) is 11.9. The second-order valence-electron chi connectivity index (χ2n) is 18.5. The van der Waals surface area contributed by atoms with Crippen molar-refractivity contribution in [3.05, 3.63) is 85.1 Å². The highest BCUT2D eigenvalue weighted by molar-refractivity contribution is 5.70. The van der Waals surface area contributed by atoms with Gasteiger partial charge in [0.15, 0.2) is 6.10 Å². The van der Waals surface area contributed by atoms with Crippen LogP contribution in [0.2, 0.25) is 0 Å². The quantitative estimate of drug-likeness (QED) is 0.0346. The SMILES string of the molecule is CC/C=C\C/C=C\C/C=C\C/C=C\C/C=C\CCCCCCOCC(COC(=O)CCCCCCCCCCCCCCCCCCC)OC(=O)CCCCCCC/C=C\C/C=C\CCC. The predicted molar refractivity (Wildman–Crippen MR) is 288 cm³/mol. The minimum Gasteiger partial charge on any atom is -0.462 e. The van der Waals surface area contributed by atoms with E-state index in [1.807, 2.05) is 0 Å². The van der Waals surface area contributed by atoms with E-state index in [1.165, 1.54) is 128 Å². The van der Waals surface area contributed by atoms with E-state index < -0.39 is 6.10 Å². The smallest absolute Gasteiger partial charge is 0.306 e. The zero-order chi connectivity index (χ0) is 47.7. The van der Waals surface area contributed by atoms with Crippen LogP contribution in [-0.4, -0.2) is 37.9 Å². The second kappa shape index (κ2) is 56.4. The van der Waals surface area contributed by atoms with Crippen molar-refractivity contribution in [1.82, 2.24) is 0 Å². The van der Waals surface area contributed by atoms with E-state index in [1.54, 1.807) is 0 Å². The first kappa shape index (κ1) is 63.1. The Morgan fingerprint density at radius 2 is 0.712 bits per heavy atom. The Kier molecular flexibility index (Phi) is 53.9. The van der Waals surface area contributed by atoms with Crippen LogP contribution in [0.5, 0.6) is 0 Å². The monoisotopic (exact) mass is 919 g/mol. The molecule has 1 unspecified atom stereocenters. The topological polar surface area (TPSA) is 61.8 Å². The van der Waals surface area contributed by atoms with Crippen molar-refractivity contribution in [2.24, 2.45) is 0 Å². The molecule has 5 heteroatoms. The molecule has 0 saturated heterocycles. The normalized spacial score (nSPS) is 12.8. The van der Waals surface area contributed by atoms with Crippen LogP contribution in [0.4, 0.5) is 0 Å². The summed E-state index contributed by atoms with van der Waals surface area (Å²) in [7, 11) is 0. The van der Waals surface area contributed by atoms with E-state index in [0.717, 1.165) is 103 Å². The first-order chi connectivity index (χ1) is 32.6. The molecule has 0 spiro atoms. The fraction of sp³-hybridized carbons (Fsp3) is 0.738. The van der Waals surface area contributed by atoms with Gasteiger partial charge in [-0.05, 0) is 89.9 Å². The van der Waals surface area contributed by atoms with Crippen LogP contribution in [0.1, 0.15) is 265 Å². The van der Waals surface area contributed by atoms with Gasteiger partial charge < -0.3 is 14.2 Å². The average Bonchev–Trinajstić information content (AvgIpc) is 3.32. The van der Waals surface area contributed by atoms with Crippen molar-refractivity contribution in [2.45, 2.75) is 271 Å². The number of allylic oxidation sites excluding steroid dienone is 14. The summed E-state index contributed by atoms with van der Waals surface area (Å²) in [6.07, 6.45) is 74.6. The van der Waals surface area contributed by atoms with Crippen molar-refractivity contribution in [3.63, 3.8) is 0 Å². The van der Waals surface area contributed by atoms with Crippen molar-refractivity contribution < 1.29 is 23.8 Å². The lowest BCUT2D eigenvalue weighted by Crippen LogP contribution is -2.30. The molecule has 0 saturated carbocycles. The molecular formula is C61H106O5. The predicted octanol–water partition coefficient (Wildman–Crippen LogP) is 19.2. The highest BCUT2D eigenvalue weighted by Gasteiger charge is 2.17. The standard InChI is InChI=1S/C61H106O5/c1-4-7-10-13-16-19-22-25-27-29-30-31-33-35-38-41-44-47-50-53-56-64-57-59(66-61(63)55-52-49-46-43-40-36-24-21-18-15-12-9-6-3)58-65-60(62)54-51-48-45-42-39-37-34-32-28-26-23-20-17-14-11-8-5-2/h7,10,12,15-16,19,21,24-25,27,30-31,35,38,59H,4-6,8-9,11,13-14,17-18,20,22-23,26,28-29,32-34,36-37,39-58H2,1-3H3/b10-7-,15-12-,19-16-,24-21-,27-25-,31-30-,38-35-. The first-order valence-electron chi connectivity index (χ1n) is 28.1. The molecule has 0 aromatic carbocycles. The molecule has 1 atom stereocenters. The molecule has 0 bridgehead atoms. The maximum Gasteiger partial charge on any atom is 0.306 e. The number of carbonyl (C=O) groups excluding carboxylic acids is 2. The Morgan fingerprint density at radius 3 is 1.15 bits per heavy atom. The number of rotatable bonds is 51. The van der Waals surface area contributed by atoms with Gasteiger partial charge in [-0.1, -0.05) is 247 Å². The van der Waals surface area contributed by atoms with Gasteiger partial charge in [0.25, 0.3) is 0 Å². The molecule has 0 rings (SSSR count). The molecule has 0 aromatic heterocycles. The molecule has 5 nitrogen and oxygen atoms in total. The summed E-state index contributed by atoms with van der Waals surface area (Å²) in [6.45, 7) is 7.60. The fourth-order valence-corrected chi connectivity index (χ4v) is 7.75. The molecule has 0 aliphatic rings. The van der Waals surface area contributed by atoms with Crippen LogP contribution in [0.3, 0.4) is 0 Å². The van der Waals surface area contributed by atoms with Crippen molar-refractivity contribution in [2.75, 3.05) is 19.8 Å². The lowest BCUT2D eigenvalue weighted by molar-refractivity contribution is -0.163. The molecule has 0 fully saturated rings. The summed E-state index contributed by atoms with van der Waals surface area (Å²) < 4.78 is 17.4. The molecule has 0 amide bonds. The van der Waals surface area contributed by atoms with E-state index in [0.29, 0.717) is 19.4 Å². The molecule has 0 aliphatic carbocycles. The number of hydrogen-bond acceptors (Lipinski definition) is 5. The van der Waals surface area contributed by atoms with Crippen LogP contribution >= 0.6 is 0 Å². The molecule has 0 aliphatic heterocycles. The summed E-state index contributed by atoms with van der Waals surface area (Å²) in [5.41, 5.74) is 0. The van der Waals surface area contributed by atoms with Gasteiger partial charge in [0, 0.05) is 19.4 Å². The molecule has 0 aromatic rings. The number of unbranched alkanes of at least 4 members (excludes halogenated alkanes) is 26. The van der Waals surface area contributed by atoms with Gasteiger partial charge in [-0.15, -0.1) is 0 Å². The first-order valence-corrected chi connectivity index (χ1v) is 28.1. The lowest BCUT2D eigenvalue weighted by Gasteiger charge is -2.18. The number of hydrogen-bond donors (Lipinski definition) is 0. The molecule has 0 radical (unpaired) electrons. The molecule has 66 heavy (non-hydrogen) atoms. The van der Waals surface area contributed by atoms with Crippen LogP contribution in [0, 0.1) is 0 Å². The number of carbonyl (C=O) groups is 2. The Labute approximate surface area is 409 Å². The summed E-state index contributed by atoms with van der Waals surface area (Å²) in [4.78, 5) is 25.5. The Bertz CT molecular complexity index is 1220. The highest BCUT2D eigenvalue weighted by atomic mass is 16.6. The van der Waals surface area contributed by atoms with Gasteiger partial charge in [-0.25, -0.2) is 0 Å². The summed E-state index contributed by atoms with van der Waals surface area (Å²) >= 11 is 0.